The molecule has 1 heterocycles. The number of ether oxygens (including phenoxy) is 1. The first-order valence-corrected chi connectivity index (χ1v) is 4.99. The Balaban J connectivity index is 2.23. The van der Waals surface area contributed by atoms with Crippen LogP contribution in [0.3, 0.4) is 0 Å². The Morgan fingerprint density at radius 3 is 2.71 bits per heavy atom. The normalized spacial score (nSPS) is 9.71. The van der Waals surface area contributed by atoms with Crippen LogP contribution in [0, 0.1) is 24.1 Å². The third kappa shape index (κ3) is 2.58. The van der Waals surface area contributed by atoms with Crippen molar-refractivity contribution in [3.05, 3.63) is 53.6 Å². The summed E-state index contributed by atoms with van der Waals surface area (Å²) < 4.78 is 18.4. The van der Waals surface area contributed by atoms with Gasteiger partial charge in [-0.3, -0.25) is 0 Å². The quantitative estimate of drug-likeness (QED) is 0.792. The van der Waals surface area contributed by atoms with E-state index < -0.39 is 0 Å². The van der Waals surface area contributed by atoms with E-state index in [9.17, 15) is 4.39 Å². The molecule has 0 radical (unpaired) electrons. The van der Waals surface area contributed by atoms with E-state index in [1.54, 1.807) is 25.1 Å². The maximum atomic E-state index is 12.9. The molecule has 0 aliphatic heterocycles. The zero-order valence-electron chi connectivity index (χ0n) is 9.14. The van der Waals surface area contributed by atoms with Crippen LogP contribution in [0.1, 0.15) is 11.3 Å². The maximum Gasteiger partial charge on any atom is 0.145 e. The molecule has 2 rings (SSSR count). The van der Waals surface area contributed by atoms with Crippen molar-refractivity contribution in [2.75, 3.05) is 0 Å². The van der Waals surface area contributed by atoms with Crippen LogP contribution in [0.5, 0.6) is 11.5 Å². The van der Waals surface area contributed by atoms with E-state index in [1.165, 1.54) is 18.3 Å². The van der Waals surface area contributed by atoms with Crippen molar-refractivity contribution in [1.82, 2.24) is 4.98 Å². The number of pyridine rings is 1. The fraction of sp³-hybridized carbons (Fsp3) is 0.0769. The average Bonchev–Trinajstić information content (AvgIpc) is 2.34. The summed E-state index contributed by atoms with van der Waals surface area (Å²) in [7, 11) is 0. The fourth-order valence-corrected chi connectivity index (χ4v) is 1.36. The molecule has 0 N–H and O–H groups in total. The lowest BCUT2D eigenvalue weighted by atomic mass is 10.2. The predicted molar refractivity (Wildman–Crippen MR) is 60.2 cm³/mol. The third-order valence-corrected chi connectivity index (χ3v) is 2.22. The van der Waals surface area contributed by atoms with Crippen LogP contribution in [0.4, 0.5) is 4.39 Å². The van der Waals surface area contributed by atoms with Crippen LogP contribution in [0.15, 0.2) is 36.5 Å². The summed E-state index contributed by atoms with van der Waals surface area (Å²) in [6.45, 7) is 1.76. The van der Waals surface area contributed by atoms with E-state index >= 15 is 0 Å². The molecule has 84 valence electrons. The van der Waals surface area contributed by atoms with Crippen molar-refractivity contribution in [3.8, 4) is 17.6 Å². The highest BCUT2D eigenvalue weighted by atomic mass is 19.1. The zero-order valence-corrected chi connectivity index (χ0v) is 9.14. The van der Waals surface area contributed by atoms with Gasteiger partial charge in [-0.15, -0.1) is 0 Å². The van der Waals surface area contributed by atoms with Crippen LogP contribution in [0.2, 0.25) is 0 Å². The minimum absolute atomic E-state index is 0.298. The van der Waals surface area contributed by atoms with Gasteiger partial charge < -0.3 is 4.74 Å². The molecule has 1 aromatic carbocycles. The third-order valence-electron chi connectivity index (χ3n) is 2.22. The van der Waals surface area contributed by atoms with Crippen LogP contribution in [-0.2, 0) is 0 Å². The molecule has 4 heteroatoms. The largest absolute Gasteiger partial charge is 0.455 e. The molecule has 3 nitrogen and oxygen atoms in total. The van der Waals surface area contributed by atoms with E-state index in [1.807, 2.05) is 6.07 Å². The lowest BCUT2D eigenvalue weighted by Crippen LogP contribution is -1.90. The Morgan fingerprint density at radius 2 is 2.12 bits per heavy atom. The summed E-state index contributed by atoms with van der Waals surface area (Å²) >= 11 is 0. The SMILES string of the molecule is Cc1cc(F)ccc1Oc1ccc(C#N)nc1. The Hall–Kier alpha value is -2.41. The van der Waals surface area contributed by atoms with Crippen LogP contribution < -0.4 is 4.74 Å². The van der Waals surface area contributed by atoms with Gasteiger partial charge in [0.2, 0.25) is 0 Å². The van der Waals surface area contributed by atoms with Gasteiger partial charge in [0.15, 0.2) is 0 Å². The van der Waals surface area contributed by atoms with E-state index in [0.29, 0.717) is 22.8 Å². The maximum absolute atomic E-state index is 12.9. The van der Waals surface area contributed by atoms with Crippen LogP contribution in [-0.4, -0.2) is 4.98 Å². The van der Waals surface area contributed by atoms with Gasteiger partial charge in [0.25, 0.3) is 0 Å². The molecule has 0 saturated carbocycles. The van der Waals surface area contributed by atoms with Crippen molar-refractivity contribution in [2.24, 2.45) is 0 Å². The van der Waals surface area contributed by atoms with Crippen molar-refractivity contribution in [2.45, 2.75) is 6.92 Å². The lowest BCUT2D eigenvalue weighted by Gasteiger charge is -2.07. The number of benzene rings is 1. The summed E-state index contributed by atoms with van der Waals surface area (Å²) in [6.07, 6.45) is 1.46. The highest BCUT2D eigenvalue weighted by Crippen LogP contribution is 2.24. The number of nitrogens with zero attached hydrogens (tertiary/aromatic N) is 2. The Labute approximate surface area is 98.1 Å². The molecule has 0 spiro atoms. The second kappa shape index (κ2) is 4.62. The van der Waals surface area contributed by atoms with Crippen molar-refractivity contribution < 1.29 is 9.13 Å². The molecular formula is C13H9FN2O. The number of hydrogen-bond donors (Lipinski definition) is 0. The number of nitriles is 1. The highest BCUT2D eigenvalue weighted by molar-refractivity contribution is 5.37. The number of aryl methyl sites for hydroxylation is 1. The zero-order chi connectivity index (χ0) is 12.3. The van der Waals surface area contributed by atoms with Gasteiger partial charge in [-0.25, -0.2) is 9.37 Å². The minimum Gasteiger partial charge on any atom is -0.455 e. The van der Waals surface area contributed by atoms with E-state index in [-0.39, 0.29) is 5.82 Å². The summed E-state index contributed by atoms with van der Waals surface area (Å²) in [4.78, 5) is 3.88. The lowest BCUT2D eigenvalue weighted by molar-refractivity contribution is 0.474. The number of halogens is 1. The molecule has 0 fully saturated rings. The molecule has 2 aromatic rings. The van der Waals surface area contributed by atoms with Crippen LogP contribution in [0.25, 0.3) is 0 Å². The molecule has 17 heavy (non-hydrogen) atoms. The average molecular weight is 228 g/mol. The molecule has 1 aromatic heterocycles. The molecule has 0 aliphatic rings. The predicted octanol–water partition coefficient (Wildman–Crippen LogP) is 3.19. The minimum atomic E-state index is -0.298. The highest BCUT2D eigenvalue weighted by Gasteiger charge is 2.03. The summed E-state index contributed by atoms with van der Waals surface area (Å²) in [6, 6.07) is 9.42. The van der Waals surface area contributed by atoms with E-state index in [4.69, 9.17) is 10.00 Å². The van der Waals surface area contributed by atoms with Gasteiger partial charge in [-0.1, -0.05) is 0 Å². The summed E-state index contributed by atoms with van der Waals surface area (Å²) in [5, 5.41) is 8.60. The monoisotopic (exact) mass is 228 g/mol. The van der Waals surface area contributed by atoms with Crippen LogP contribution >= 0.6 is 0 Å². The summed E-state index contributed by atoms with van der Waals surface area (Å²) in [5.41, 5.74) is 1.03. The fourth-order valence-electron chi connectivity index (χ4n) is 1.36. The number of hydrogen-bond acceptors (Lipinski definition) is 3. The number of aromatic nitrogens is 1. The Bertz CT molecular complexity index is 573. The van der Waals surface area contributed by atoms with Crippen molar-refractivity contribution in [1.29, 1.82) is 5.26 Å². The van der Waals surface area contributed by atoms with Gasteiger partial charge in [-0.2, -0.15) is 5.26 Å². The molecule has 0 atom stereocenters. The second-order valence-electron chi connectivity index (χ2n) is 3.50. The second-order valence-corrected chi connectivity index (χ2v) is 3.50. The van der Waals surface area contributed by atoms with Gasteiger partial charge in [-0.05, 0) is 42.8 Å². The first-order valence-electron chi connectivity index (χ1n) is 4.99. The van der Waals surface area contributed by atoms with Gasteiger partial charge in [0.1, 0.15) is 29.1 Å². The first-order chi connectivity index (χ1) is 8.19. The smallest absolute Gasteiger partial charge is 0.145 e. The van der Waals surface area contributed by atoms with E-state index in [2.05, 4.69) is 4.98 Å². The van der Waals surface area contributed by atoms with Gasteiger partial charge in [0, 0.05) is 0 Å². The Kier molecular flexibility index (Phi) is 3.01. The molecule has 0 saturated heterocycles. The molecule has 0 unspecified atom stereocenters. The standard InChI is InChI=1S/C13H9FN2O/c1-9-6-10(14)2-5-13(9)17-12-4-3-11(7-15)16-8-12/h2-6,8H,1H3. The number of rotatable bonds is 2. The molecule has 0 amide bonds. The molecule has 0 aliphatic carbocycles. The van der Waals surface area contributed by atoms with Gasteiger partial charge >= 0.3 is 0 Å². The van der Waals surface area contributed by atoms with Crippen molar-refractivity contribution in [3.63, 3.8) is 0 Å². The topological polar surface area (TPSA) is 45.9 Å². The van der Waals surface area contributed by atoms with Crippen molar-refractivity contribution >= 4 is 0 Å². The molecule has 0 bridgehead atoms. The van der Waals surface area contributed by atoms with E-state index in [0.717, 1.165) is 0 Å². The van der Waals surface area contributed by atoms with Gasteiger partial charge in [0.05, 0.1) is 6.20 Å². The first kappa shape index (κ1) is 11.1. The summed E-state index contributed by atoms with van der Waals surface area (Å²) in [5.74, 6) is 0.782. The molecular weight excluding hydrogens is 219 g/mol. The Morgan fingerprint density at radius 1 is 1.29 bits per heavy atom.